The second-order valence-electron chi connectivity index (χ2n) is 6.47. The van der Waals surface area contributed by atoms with Crippen LogP contribution in [0.5, 0.6) is 0 Å². The van der Waals surface area contributed by atoms with Crippen LogP contribution in [0.4, 0.5) is 0 Å². The molecule has 0 radical (unpaired) electrons. The molecule has 2 heterocycles. The standard InChI is InChI=1S/C15H25N2O4PS/c1-6-20-22(19,21-7-2)10-11-12(13(18)15(3,4)5)23-14-16-8-9-17(11)14/h8-9,11-12H,6-7,10H2,1-5H3/t11-,12+/m0/s1. The van der Waals surface area contributed by atoms with Crippen molar-refractivity contribution >= 4 is 25.1 Å². The zero-order chi connectivity index (χ0) is 17.3. The average molecular weight is 360 g/mol. The zero-order valence-corrected chi connectivity index (χ0v) is 16.0. The predicted octanol–water partition coefficient (Wildman–Crippen LogP) is 3.78. The van der Waals surface area contributed by atoms with Crippen molar-refractivity contribution in [3.05, 3.63) is 12.4 Å². The molecule has 0 aromatic carbocycles. The van der Waals surface area contributed by atoms with Gasteiger partial charge >= 0.3 is 7.60 Å². The monoisotopic (exact) mass is 360 g/mol. The quantitative estimate of drug-likeness (QED) is 0.689. The zero-order valence-electron chi connectivity index (χ0n) is 14.3. The van der Waals surface area contributed by atoms with Gasteiger partial charge in [0, 0.05) is 17.8 Å². The predicted molar refractivity (Wildman–Crippen MR) is 91.1 cm³/mol. The highest BCUT2D eigenvalue weighted by molar-refractivity contribution is 8.00. The van der Waals surface area contributed by atoms with Gasteiger partial charge in [-0.3, -0.25) is 9.36 Å². The number of rotatable bonds is 7. The Bertz CT molecular complexity index is 601. The van der Waals surface area contributed by atoms with E-state index in [-0.39, 0.29) is 23.2 Å². The van der Waals surface area contributed by atoms with Crippen LogP contribution in [0.3, 0.4) is 0 Å². The molecule has 130 valence electrons. The molecule has 23 heavy (non-hydrogen) atoms. The van der Waals surface area contributed by atoms with Crippen LogP contribution < -0.4 is 0 Å². The minimum Gasteiger partial charge on any atom is -0.321 e. The molecule has 0 aliphatic carbocycles. The van der Waals surface area contributed by atoms with Gasteiger partial charge in [0.25, 0.3) is 0 Å². The first kappa shape index (κ1) is 18.7. The third-order valence-electron chi connectivity index (χ3n) is 3.63. The average Bonchev–Trinajstić information content (AvgIpc) is 3.00. The molecular weight excluding hydrogens is 335 g/mol. The highest BCUT2D eigenvalue weighted by atomic mass is 32.2. The maximum atomic E-state index is 12.9. The Hall–Kier alpha value is -0.620. The van der Waals surface area contributed by atoms with Crippen LogP contribution >= 0.6 is 19.4 Å². The maximum Gasteiger partial charge on any atom is 0.332 e. The van der Waals surface area contributed by atoms with Crippen LogP contribution in [0.25, 0.3) is 0 Å². The molecule has 2 rings (SSSR count). The number of nitrogens with zero attached hydrogens (tertiary/aromatic N) is 2. The Labute approximate surface area is 141 Å². The first-order valence-corrected chi connectivity index (χ1v) is 10.4. The van der Waals surface area contributed by atoms with Gasteiger partial charge in [0.05, 0.1) is 30.7 Å². The number of carbonyl (C=O) groups is 1. The van der Waals surface area contributed by atoms with E-state index in [0.717, 1.165) is 5.16 Å². The van der Waals surface area contributed by atoms with Gasteiger partial charge < -0.3 is 13.6 Å². The molecular formula is C15H25N2O4PS. The fourth-order valence-electron chi connectivity index (χ4n) is 2.58. The number of ketones is 1. The van der Waals surface area contributed by atoms with E-state index >= 15 is 0 Å². The smallest absolute Gasteiger partial charge is 0.321 e. The van der Waals surface area contributed by atoms with Crippen LogP contribution in [0, 0.1) is 5.41 Å². The molecule has 1 aromatic rings. The van der Waals surface area contributed by atoms with E-state index in [0.29, 0.717) is 13.2 Å². The van der Waals surface area contributed by atoms with Gasteiger partial charge in [0.1, 0.15) is 0 Å². The molecule has 1 aliphatic heterocycles. The fraction of sp³-hybridized carbons (Fsp3) is 0.733. The van der Waals surface area contributed by atoms with Crippen molar-refractivity contribution in [1.82, 2.24) is 9.55 Å². The molecule has 0 fully saturated rings. The summed E-state index contributed by atoms with van der Waals surface area (Å²) in [6.45, 7) is 9.90. The Morgan fingerprint density at radius 1 is 1.35 bits per heavy atom. The highest BCUT2D eigenvalue weighted by Crippen LogP contribution is 2.55. The lowest BCUT2D eigenvalue weighted by molar-refractivity contribution is -0.126. The lowest BCUT2D eigenvalue weighted by Crippen LogP contribution is -2.35. The Kier molecular flexibility index (Phi) is 5.77. The van der Waals surface area contributed by atoms with Crippen LogP contribution in [0.15, 0.2) is 17.6 Å². The van der Waals surface area contributed by atoms with Crippen molar-refractivity contribution in [1.29, 1.82) is 0 Å². The number of Topliss-reactive ketones (excluding diaryl/α,β-unsaturated/α-hetero) is 1. The van der Waals surface area contributed by atoms with Crippen molar-refractivity contribution in [3.63, 3.8) is 0 Å². The first-order valence-electron chi connectivity index (χ1n) is 7.83. The minimum atomic E-state index is -3.24. The summed E-state index contributed by atoms with van der Waals surface area (Å²) in [6.07, 6.45) is 3.70. The van der Waals surface area contributed by atoms with E-state index < -0.39 is 13.0 Å². The van der Waals surface area contributed by atoms with Gasteiger partial charge in [-0.25, -0.2) is 4.98 Å². The minimum absolute atomic E-state index is 0.123. The van der Waals surface area contributed by atoms with Crippen molar-refractivity contribution in [2.45, 2.75) is 51.1 Å². The summed E-state index contributed by atoms with van der Waals surface area (Å²) < 4.78 is 25.7. The third-order valence-corrected chi connectivity index (χ3v) is 7.07. The molecule has 2 atom stereocenters. The van der Waals surface area contributed by atoms with Crippen molar-refractivity contribution in [2.75, 3.05) is 19.4 Å². The molecule has 0 unspecified atom stereocenters. The molecule has 6 nitrogen and oxygen atoms in total. The largest absolute Gasteiger partial charge is 0.332 e. The number of aromatic nitrogens is 2. The van der Waals surface area contributed by atoms with Crippen LogP contribution in [0.2, 0.25) is 0 Å². The molecule has 8 heteroatoms. The van der Waals surface area contributed by atoms with Gasteiger partial charge in [-0.2, -0.15) is 0 Å². The van der Waals surface area contributed by atoms with E-state index in [2.05, 4.69) is 4.98 Å². The molecule has 1 aromatic heterocycles. The first-order chi connectivity index (χ1) is 10.7. The lowest BCUT2D eigenvalue weighted by Gasteiger charge is -2.28. The summed E-state index contributed by atoms with van der Waals surface area (Å²) in [5.41, 5.74) is -0.471. The topological polar surface area (TPSA) is 70.4 Å². The third kappa shape index (κ3) is 4.08. The maximum absolute atomic E-state index is 12.9. The fourth-order valence-corrected chi connectivity index (χ4v) is 6.16. The van der Waals surface area contributed by atoms with E-state index in [9.17, 15) is 9.36 Å². The van der Waals surface area contributed by atoms with Gasteiger partial charge in [-0.05, 0) is 13.8 Å². The molecule has 0 amide bonds. The number of thioether (sulfide) groups is 1. The number of fused-ring (bicyclic) bond motifs is 1. The molecule has 0 saturated carbocycles. The number of imidazole rings is 1. The SMILES string of the molecule is CCOP(=O)(C[C@H]1[C@H](C(=O)C(C)(C)C)Sc2nccn21)OCC. The van der Waals surface area contributed by atoms with Crippen molar-refractivity contribution in [2.24, 2.45) is 5.41 Å². The van der Waals surface area contributed by atoms with E-state index in [1.165, 1.54) is 11.8 Å². The second-order valence-corrected chi connectivity index (χ2v) is 9.68. The van der Waals surface area contributed by atoms with Gasteiger partial charge in [0.15, 0.2) is 10.9 Å². The number of carbonyl (C=O) groups excluding carboxylic acids is 1. The summed E-state index contributed by atoms with van der Waals surface area (Å²) in [7, 11) is -3.24. The molecule has 0 bridgehead atoms. The van der Waals surface area contributed by atoms with Crippen LogP contribution in [-0.2, 0) is 18.4 Å². The van der Waals surface area contributed by atoms with Crippen molar-refractivity contribution in [3.8, 4) is 0 Å². The summed E-state index contributed by atoms with van der Waals surface area (Å²) >= 11 is 1.43. The Morgan fingerprint density at radius 3 is 2.48 bits per heavy atom. The summed E-state index contributed by atoms with van der Waals surface area (Å²) in [6, 6.07) is -0.270. The molecule has 0 N–H and O–H groups in total. The van der Waals surface area contributed by atoms with Crippen molar-refractivity contribution < 1.29 is 18.4 Å². The molecule has 1 aliphatic rings. The van der Waals surface area contributed by atoms with Crippen LogP contribution in [-0.4, -0.2) is 40.0 Å². The summed E-state index contributed by atoms with van der Waals surface area (Å²) in [5, 5.41) is 0.449. The molecule has 0 spiro atoms. The highest BCUT2D eigenvalue weighted by Gasteiger charge is 2.46. The second kappa shape index (κ2) is 7.09. The number of hydrogen-bond donors (Lipinski definition) is 0. The Balaban J connectivity index is 2.31. The van der Waals surface area contributed by atoms with Gasteiger partial charge in [-0.15, -0.1) is 0 Å². The van der Waals surface area contributed by atoms with E-state index in [1.807, 2.05) is 31.5 Å². The lowest BCUT2D eigenvalue weighted by atomic mass is 9.87. The summed E-state index contributed by atoms with van der Waals surface area (Å²) in [4.78, 5) is 17.1. The van der Waals surface area contributed by atoms with Crippen LogP contribution in [0.1, 0.15) is 40.7 Å². The molecule has 0 saturated heterocycles. The van der Waals surface area contributed by atoms with Gasteiger partial charge in [-0.1, -0.05) is 32.5 Å². The summed E-state index contributed by atoms with van der Waals surface area (Å²) in [5.74, 6) is 0.123. The van der Waals surface area contributed by atoms with Gasteiger partial charge in [0.2, 0.25) is 0 Å². The normalized spacial score (nSPS) is 21.4. The Morgan fingerprint density at radius 2 is 1.96 bits per heavy atom. The van der Waals surface area contributed by atoms with E-state index in [1.54, 1.807) is 20.0 Å². The van der Waals surface area contributed by atoms with E-state index in [4.69, 9.17) is 9.05 Å². The number of hydrogen-bond acceptors (Lipinski definition) is 6.